The van der Waals surface area contributed by atoms with E-state index in [9.17, 15) is 0 Å². The number of rotatable bonds is 4. The first-order chi connectivity index (χ1) is 7.70. The van der Waals surface area contributed by atoms with Crippen LogP contribution < -0.4 is 5.32 Å². The average molecular weight is 282 g/mol. The maximum Gasteiger partial charge on any atom is 0.0220 e. The summed E-state index contributed by atoms with van der Waals surface area (Å²) in [6, 6.07) is 8.44. The van der Waals surface area contributed by atoms with Crippen molar-refractivity contribution >= 4 is 15.9 Å². The van der Waals surface area contributed by atoms with Gasteiger partial charge in [0.05, 0.1) is 0 Å². The fraction of sp³-hybridized carbons (Fsp3) is 0.571. The van der Waals surface area contributed by atoms with Gasteiger partial charge in [0.15, 0.2) is 0 Å². The van der Waals surface area contributed by atoms with E-state index in [2.05, 4.69) is 52.4 Å². The fourth-order valence-corrected chi connectivity index (χ4v) is 2.97. The number of nitrogens with one attached hydrogen (secondary N) is 1. The molecule has 2 rings (SSSR count). The lowest BCUT2D eigenvalue weighted by Gasteiger charge is -2.24. The molecule has 2 heteroatoms. The molecule has 0 saturated heterocycles. The molecule has 1 aromatic rings. The second kappa shape index (κ2) is 5.33. The lowest BCUT2D eigenvalue weighted by atomic mass is 9.89. The molecule has 0 amide bonds. The molecule has 0 radical (unpaired) electrons. The Morgan fingerprint density at radius 1 is 1.25 bits per heavy atom. The molecule has 0 spiro atoms. The predicted molar refractivity (Wildman–Crippen MR) is 72.4 cm³/mol. The molecule has 16 heavy (non-hydrogen) atoms. The largest absolute Gasteiger partial charge is 0.312 e. The summed E-state index contributed by atoms with van der Waals surface area (Å²) in [7, 11) is 0. The SMILES string of the molecule is CC1(CNCc2ccccc2Br)CCCC1. The highest BCUT2D eigenvalue weighted by atomic mass is 79.9. The van der Waals surface area contributed by atoms with Crippen LogP contribution >= 0.6 is 15.9 Å². The van der Waals surface area contributed by atoms with Crippen LogP contribution in [0.4, 0.5) is 0 Å². The minimum Gasteiger partial charge on any atom is -0.312 e. The van der Waals surface area contributed by atoms with Gasteiger partial charge >= 0.3 is 0 Å². The van der Waals surface area contributed by atoms with Gasteiger partial charge in [-0.15, -0.1) is 0 Å². The first-order valence-electron chi connectivity index (χ1n) is 6.14. The van der Waals surface area contributed by atoms with Crippen molar-refractivity contribution in [1.29, 1.82) is 0 Å². The molecular formula is C14H20BrN. The van der Waals surface area contributed by atoms with Gasteiger partial charge in [-0.3, -0.25) is 0 Å². The molecule has 0 unspecified atom stereocenters. The van der Waals surface area contributed by atoms with Gasteiger partial charge in [-0.25, -0.2) is 0 Å². The van der Waals surface area contributed by atoms with Gasteiger partial charge in [0.2, 0.25) is 0 Å². The van der Waals surface area contributed by atoms with Crippen molar-refractivity contribution in [2.24, 2.45) is 5.41 Å². The Balaban J connectivity index is 1.82. The molecule has 1 saturated carbocycles. The number of hydrogen-bond donors (Lipinski definition) is 1. The van der Waals surface area contributed by atoms with E-state index in [0.29, 0.717) is 5.41 Å². The lowest BCUT2D eigenvalue weighted by molar-refractivity contribution is 0.314. The van der Waals surface area contributed by atoms with Gasteiger partial charge in [-0.05, 0) is 29.9 Å². The molecule has 88 valence electrons. The Hall–Kier alpha value is -0.340. The van der Waals surface area contributed by atoms with Crippen molar-refractivity contribution in [3.8, 4) is 0 Å². The van der Waals surface area contributed by atoms with Crippen LogP contribution in [-0.2, 0) is 6.54 Å². The fourth-order valence-electron chi connectivity index (χ4n) is 2.55. The molecule has 0 aliphatic heterocycles. The smallest absolute Gasteiger partial charge is 0.0220 e. The van der Waals surface area contributed by atoms with Crippen LogP contribution in [0, 0.1) is 5.41 Å². The second-order valence-electron chi connectivity index (χ2n) is 5.21. The van der Waals surface area contributed by atoms with Crippen LogP contribution in [0.15, 0.2) is 28.7 Å². The summed E-state index contributed by atoms with van der Waals surface area (Å²) < 4.78 is 1.21. The third-order valence-electron chi connectivity index (χ3n) is 3.64. The highest BCUT2D eigenvalue weighted by Gasteiger charge is 2.27. The van der Waals surface area contributed by atoms with Crippen LogP contribution in [0.25, 0.3) is 0 Å². The van der Waals surface area contributed by atoms with Crippen molar-refractivity contribution < 1.29 is 0 Å². The Bertz CT molecular complexity index is 342. The quantitative estimate of drug-likeness (QED) is 0.876. The van der Waals surface area contributed by atoms with Crippen LogP contribution in [-0.4, -0.2) is 6.54 Å². The van der Waals surface area contributed by atoms with Gasteiger partial charge in [-0.2, -0.15) is 0 Å². The van der Waals surface area contributed by atoms with Crippen LogP contribution in [0.1, 0.15) is 38.2 Å². The maximum atomic E-state index is 3.59. The van der Waals surface area contributed by atoms with E-state index in [4.69, 9.17) is 0 Å². The first kappa shape index (κ1) is 12.1. The zero-order valence-electron chi connectivity index (χ0n) is 9.93. The van der Waals surface area contributed by atoms with Crippen LogP contribution in [0.2, 0.25) is 0 Å². The average Bonchev–Trinajstić information content (AvgIpc) is 2.68. The Morgan fingerprint density at radius 2 is 1.94 bits per heavy atom. The molecule has 1 N–H and O–H groups in total. The summed E-state index contributed by atoms with van der Waals surface area (Å²) in [6.45, 7) is 4.53. The standard InChI is InChI=1S/C14H20BrN/c1-14(8-4-5-9-14)11-16-10-12-6-2-3-7-13(12)15/h2-3,6-7,16H,4-5,8-11H2,1H3. The van der Waals surface area contributed by atoms with Gasteiger partial charge < -0.3 is 5.32 Å². The second-order valence-corrected chi connectivity index (χ2v) is 6.07. The van der Waals surface area contributed by atoms with Gasteiger partial charge in [-0.1, -0.05) is 53.9 Å². The summed E-state index contributed by atoms with van der Waals surface area (Å²) in [6.07, 6.45) is 5.59. The summed E-state index contributed by atoms with van der Waals surface area (Å²) in [4.78, 5) is 0. The van der Waals surface area contributed by atoms with E-state index in [-0.39, 0.29) is 0 Å². The lowest BCUT2D eigenvalue weighted by Crippen LogP contribution is -2.29. The summed E-state index contributed by atoms with van der Waals surface area (Å²) in [5.74, 6) is 0. The highest BCUT2D eigenvalue weighted by molar-refractivity contribution is 9.10. The topological polar surface area (TPSA) is 12.0 Å². The number of hydrogen-bond acceptors (Lipinski definition) is 1. The van der Waals surface area contributed by atoms with Crippen molar-refractivity contribution in [3.63, 3.8) is 0 Å². The first-order valence-corrected chi connectivity index (χ1v) is 6.93. The molecule has 0 heterocycles. The normalized spacial score (nSPS) is 18.9. The van der Waals surface area contributed by atoms with Gasteiger partial charge in [0.1, 0.15) is 0 Å². The van der Waals surface area contributed by atoms with Crippen molar-refractivity contribution in [3.05, 3.63) is 34.3 Å². The summed E-state index contributed by atoms with van der Waals surface area (Å²) >= 11 is 3.58. The Kier molecular flexibility index (Phi) is 4.04. The molecular weight excluding hydrogens is 262 g/mol. The molecule has 1 nitrogen and oxygen atoms in total. The monoisotopic (exact) mass is 281 g/mol. The highest BCUT2D eigenvalue weighted by Crippen LogP contribution is 2.36. The van der Waals surface area contributed by atoms with E-state index >= 15 is 0 Å². The maximum absolute atomic E-state index is 3.59. The zero-order valence-corrected chi connectivity index (χ0v) is 11.5. The van der Waals surface area contributed by atoms with E-state index in [1.165, 1.54) is 35.7 Å². The molecule has 1 aliphatic rings. The molecule has 0 bridgehead atoms. The molecule has 0 atom stereocenters. The predicted octanol–water partition coefficient (Wildman–Crippen LogP) is 4.12. The van der Waals surface area contributed by atoms with Gasteiger partial charge in [0, 0.05) is 17.6 Å². The van der Waals surface area contributed by atoms with Crippen molar-refractivity contribution in [1.82, 2.24) is 5.32 Å². The number of benzene rings is 1. The van der Waals surface area contributed by atoms with Crippen molar-refractivity contribution in [2.75, 3.05) is 6.54 Å². The third kappa shape index (κ3) is 3.08. The molecule has 0 aromatic heterocycles. The number of halogens is 1. The van der Waals surface area contributed by atoms with Gasteiger partial charge in [0.25, 0.3) is 0 Å². The molecule has 1 fully saturated rings. The van der Waals surface area contributed by atoms with E-state index in [1.54, 1.807) is 0 Å². The van der Waals surface area contributed by atoms with Crippen LogP contribution in [0.5, 0.6) is 0 Å². The van der Waals surface area contributed by atoms with E-state index in [0.717, 1.165) is 13.1 Å². The minimum atomic E-state index is 0.543. The Morgan fingerprint density at radius 3 is 2.62 bits per heavy atom. The summed E-state index contributed by atoms with van der Waals surface area (Å²) in [5, 5.41) is 3.59. The Labute approximate surface area is 107 Å². The van der Waals surface area contributed by atoms with E-state index in [1.807, 2.05) is 0 Å². The van der Waals surface area contributed by atoms with Crippen LogP contribution in [0.3, 0.4) is 0 Å². The molecule has 1 aliphatic carbocycles. The third-order valence-corrected chi connectivity index (χ3v) is 4.41. The van der Waals surface area contributed by atoms with Crippen molar-refractivity contribution in [2.45, 2.75) is 39.2 Å². The minimum absolute atomic E-state index is 0.543. The zero-order chi connectivity index (χ0) is 11.4. The molecule has 1 aromatic carbocycles. The summed E-state index contributed by atoms with van der Waals surface area (Å²) in [5.41, 5.74) is 1.89. The van der Waals surface area contributed by atoms with E-state index < -0.39 is 0 Å².